The molecule has 146 valence electrons. The van der Waals surface area contributed by atoms with Gasteiger partial charge < -0.3 is 5.32 Å². The number of amides is 1. The van der Waals surface area contributed by atoms with Crippen LogP contribution in [0, 0.1) is 6.92 Å². The van der Waals surface area contributed by atoms with Gasteiger partial charge in [-0.3, -0.25) is 9.48 Å². The van der Waals surface area contributed by atoms with E-state index in [4.69, 9.17) is 0 Å². The van der Waals surface area contributed by atoms with Crippen LogP contribution in [0.25, 0.3) is 11.3 Å². The molecule has 1 saturated carbocycles. The van der Waals surface area contributed by atoms with Gasteiger partial charge in [0.1, 0.15) is 6.33 Å². The van der Waals surface area contributed by atoms with E-state index >= 15 is 0 Å². The highest BCUT2D eigenvalue weighted by Crippen LogP contribution is 2.29. The van der Waals surface area contributed by atoms with Gasteiger partial charge in [-0.1, -0.05) is 11.8 Å². The molecule has 3 aromatic rings. The lowest BCUT2D eigenvalue weighted by Crippen LogP contribution is -2.38. The zero-order chi connectivity index (χ0) is 19.3. The average Bonchev–Trinajstić information content (AvgIpc) is 3.37. The minimum atomic E-state index is 0.0893. The highest BCUT2D eigenvalue weighted by atomic mass is 32.2. The Morgan fingerprint density at radius 2 is 2.21 bits per heavy atom. The van der Waals surface area contributed by atoms with E-state index in [1.807, 2.05) is 29.2 Å². The third-order valence-corrected chi connectivity index (χ3v) is 6.98. The molecule has 0 aromatic carbocycles. The Kier molecular flexibility index (Phi) is 6.01. The van der Waals surface area contributed by atoms with Crippen molar-refractivity contribution in [3.63, 3.8) is 0 Å². The maximum absolute atomic E-state index is 12.2. The molecule has 0 unspecified atom stereocenters. The van der Waals surface area contributed by atoms with E-state index in [1.54, 1.807) is 23.9 Å². The first-order chi connectivity index (χ1) is 13.7. The van der Waals surface area contributed by atoms with Crippen molar-refractivity contribution in [2.24, 2.45) is 0 Å². The van der Waals surface area contributed by atoms with Gasteiger partial charge in [-0.25, -0.2) is 15.0 Å². The second-order valence-electron chi connectivity index (χ2n) is 6.92. The van der Waals surface area contributed by atoms with Gasteiger partial charge in [0.15, 0.2) is 4.34 Å². The van der Waals surface area contributed by atoms with Crippen LogP contribution in [0.4, 0.5) is 0 Å². The van der Waals surface area contributed by atoms with Gasteiger partial charge in [0.25, 0.3) is 0 Å². The Bertz CT molecular complexity index is 917. The maximum atomic E-state index is 12.2. The third kappa shape index (κ3) is 4.77. The predicted octanol–water partition coefficient (Wildman–Crippen LogP) is 3.50. The fraction of sp³-hybridized carbons (Fsp3) is 0.421. The number of nitrogens with one attached hydrogen (secondary N) is 1. The van der Waals surface area contributed by atoms with E-state index in [9.17, 15) is 4.79 Å². The molecular weight excluding hydrogens is 392 g/mol. The molecule has 1 aliphatic carbocycles. The SMILES string of the molecule is Cc1csc(SCC(=O)NC2CCC(n3cc(-c4ccncn4)cn3)CC2)n1. The van der Waals surface area contributed by atoms with Crippen molar-refractivity contribution in [3.05, 3.63) is 42.1 Å². The highest BCUT2D eigenvalue weighted by Gasteiger charge is 2.24. The molecule has 9 heteroatoms. The Morgan fingerprint density at radius 3 is 2.93 bits per heavy atom. The summed E-state index contributed by atoms with van der Waals surface area (Å²) >= 11 is 3.10. The maximum Gasteiger partial charge on any atom is 0.230 e. The highest BCUT2D eigenvalue weighted by molar-refractivity contribution is 8.01. The van der Waals surface area contributed by atoms with Gasteiger partial charge in [-0.05, 0) is 38.7 Å². The number of carbonyl (C=O) groups excluding carboxylic acids is 1. The van der Waals surface area contributed by atoms with Crippen molar-refractivity contribution in [1.29, 1.82) is 0 Å². The summed E-state index contributed by atoms with van der Waals surface area (Å²) in [6, 6.07) is 2.51. The molecule has 0 spiro atoms. The van der Waals surface area contributed by atoms with Gasteiger partial charge in [-0.2, -0.15) is 5.10 Å². The summed E-state index contributed by atoms with van der Waals surface area (Å²) in [7, 11) is 0. The number of aryl methyl sites for hydroxylation is 1. The smallest absolute Gasteiger partial charge is 0.230 e. The van der Waals surface area contributed by atoms with Crippen LogP contribution < -0.4 is 5.32 Å². The Balaban J connectivity index is 1.24. The van der Waals surface area contributed by atoms with Crippen LogP contribution in [0.5, 0.6) is 0 Å². The van der Waals surface area contributed by atoms with Crippen LogP contribution in [0.3, 0.4) is 0 Å². The van der Waals surface area contributed by atoms with Crippen LogP contribution in [0.15, 0.2) is 40.7 Å². The Hall–Kier alpha value is -2.26. The summed E-state index contributed by atoms with van der Waals surface area (Å²) in [5.41, 5.74) is 2.90. The molecule has 0 radical (unpaired) electrons. The molecule has 0 atom stereocenters. The minimum Gasteiger partial charge on any atom is -0.353 e. The first-order valence-electron chi connectivity index (χ1n) is 9.32. The van der Waals surface area contributed by atoms with Crippen molar-refractivity contribution >= 4 is 29.0 Å². The van der Waals surface area contributed by atoms with Gasteiger partial charge in [0.05, 0.1) is 23.7 Å². The van der Waals surface area contributed by atoms with Crippen LogP contribution in [-0.4, -0.2) is 42.4 Å². The van der Waals surface area contributed by atoms with E-state index < -0.39 is 0 Å². The molecule has 1 fully saturated rings. The van der Waals surface area contributed by atoms with Crippen molar-refractivity contribution in [1.82, 2.24) is 30.0 Å². The van der Waals surface area contributed by atoms with E-state index in [2.05, 4.69) is 31.6 Å². The first kappa shape index (κ1) is 19.1. The van der Waals surface area contributed by atoms with E-state index in [0.29, 0.717) is 11.8 Å². The van der Waals surface area contributed by atoms with Crippen LogP contribution in [0.2, 0.25) is 0 Å². The predicted molar refractivity (Wildman–Crippen MR) is 110 cm³/mol. The van der Waals surface area contributed by atoms with Gasteiger partial charge in [-0.15, -0.1) is 11.3 Å². The molecule has 1 aliphatic rings. The van der Waals surface area contributed by atoms with E-state index in [0.717, 1.165) is 47.0 Å². The number of aromatic nitrogens is 5. The summed E-state index contributed by atoms with van der Waals surface area (Å²) in [4.78, 5) is 24.8. The fourth-order valence-corrected chi connectivity index (χ4v) is 5.07. The molecule has 0 bridgehead atoms. The van der Waals surface area contributed by atoms with Crippen molar-refractivity contribution < 1.29 is 4.79 Å². The van der Waals surface area contributed by atoms with E-state index in [1.165, 1.54) is 11.8 Å². The van der Waals surface area contributed by atoms with Crippen LogP contribution >= 0.6 is 23.1 Å². The summed E-state index contributed by atoms with van der Waals surface area (Å²) in [6.45, 7) is 1.97. The lowest BCUT2D eigenvalue weighted by molar-refractivity contribution is -0.119. The molecule has 3 heterocycles. The molecule has 3 aromatic heterocycles. The topological polar surface area (TPSA) is 85.6 Å². The molecular formula is C19H22N6OS2. The van der Waals surface area contributed by atoms with E-state index in [-0.39, 0.29) is 11.9 Å². The number of nitrogens with zero attached hydrogens (tertiary/aromatic N) is 5. The second kappa shape index (κ2) is 8.83. The normalized spacial score (nSPS) is 19.5. The lowest BCUT2D eigenvalue weighted by atomic mass is 9.91. The standard InChI is InChI=1S/C19H22N6OS2/c1-13-10-27-19(23-13)28-11-18(26)24-15-2-4-16(5-3-15)25-9-14(8-22-25)17-6-7-20-12-21-17/h6-10,12,15-16H,2-5,11H2,1H3,(H,24,26). The lowest BCUT2D eigenvalue weighted by Gasteiger charge is -2.29. The minimum absolute atomic E-state index is 0.0893. The number of hydrogen-bond acceptors (Lipinski definition) is 7. The molecule has 4 rings (SSSR count). The average molecular weight is 415 g/mol. The molecule has 7 nitrogen and oxygen atoms in total. The summed E-state index contributed by atoms with van der Waals surface area (Å²) in [5, 5.41) is 9.70. The van der Waals surface area contributed by atoms with Gasteiger partial charge in [0.2, 0.25) is 5.91 Å². The quantitative estimate of drug-likeness (QED) is 0.622. The van der Waals surface area contributed by atoms with Crippen molar-refractivity contribution in [3.8, 4) is 11.3 Å². The summed E-state index contributed by atoms with van der Waals surface area (Å²) < 4.78 is 2.99. The first-order valence-corrected chi connectivity index (χ1v) is 11.2. The summed E-state index contributed by atoms with van der Waals surface area (Å²) in [5.74, 6) is 0.514. The fourth-order valence-electron chi connectivity index (χ4n) is 3.41. The number of thioether (sulfide) groups is 1. The Labute approximate surface area is 172 Å². The second-order valence-corrected chi connectivity index (χ2v) is 9.00. The molecule has 1 amide bonds. The largest absolute Gasteiger partial charge is 0.353 e. The number of thiazole rings is 1. The van der Waals surface area contributed by atoms with Gasteiger partial charge >= 0.3 is 0 Å². The van der Waals surface area contributed by atoms with Crippen molar-refractivity contribution in [2.45, 2.75) is 49.0 Å². The summed E-state index contributed by atoms with van der Waals surface area (Å²) in [6.07, 6.45) is 11.2. The van der Waals surface area contributed by atoms with Crippen LogP contribution in [0.1, 0.15) is 37.4 Å². The van der Waals surface area contributed by atoms with Crippen LogP contribution in [-0.2, 0) is 4.79 Å². The zero-order valence-corrected chi connectivity index (χ0v) is 17.2. The third-order valence-electron chi connectivity index (χ3n) is 4.84. The number of hydrogen-bond donors (Lipinski definition) is 1. The zero-order valence-electron chi connectivity index (χ0n) is 15.6. The molecule has 0 aliphatic heterocycles. The molecule has 0 saturated heterocycles. The molecule has 1 N–H and O–H groups in total. The Morgan fingerprint density at radius 1 is 1.36 bits per heavy atom. The number of carbonyl (C=O) groups is 1. The molecule has 28 heavy (non-hydrogen) atoms. The van der Waals surface area contributed by atoms with Crippen molar-refractivity contribution in [2.75, 3.05) is 5.75 Å². The monoisotopic (exact) mass is 414 g/mol. The van der Waals surface area contributed by atoms with Gasteiger partial charge in [0, 0.05) is 35.1 Å². The number of rotatable bonds is 6.